The Balaban J connectivity index is 2.90. The molecule has 0 aromatic heterocycles. The van der Waals surface area contributed by atoms with E-state index in [1.54, 1.807) is 0 Å². The fraction of sp³-hybridized carbons (Fsp3) is 1.00. The molecule has 0 N–H and O–H groups in total. The van der Waals surface area contributed by atoms with Gasteiger partial charge in [-0.05, 0) is 25.7 Å². The molecule has 0 aromatic rings. The predicted molar refractivity (Wildman–Crippen MR) is 90.0 cm³/mol. The van der Waals surface area contributed by atoms with E-state index in [-0.39, 0.29) is 0 Å². The third kappa shape index (κ3) is 19.9. The van der Waals surface area contributed by atoms with Gasteiger partial charge in [-0.3, -0.25) is 0 Å². The van der Waals surface area contributed by atoms with E-state index in [2.05, 4.69) is 13.8 Å². The van der Waals surface area contributed by atoms with Gasteiger partial charge in [0.2, 0.25) is 0 Å². The molecule has 3 heteroatoms. The van der Waals surface area contributed by atoms with Gasteiger partial charge in [-0.25, -0.2) is 0 Å². The Morgan fingerprint density at radius 1 is 0.381 bits per heavy atom. The van der Waals surface area contributed by atoms with Crippen molar-refractivity contribution >= 4 is 0 Å². The van der Waals surface area contributed by atoms with Crippen molar-refractivity contribution in [3.05, 3.63) is 0 Å². The second kappa shape index (κ2) is 19.9. The van der Waals surface area contributed by atoms with Gasteiger partial charge in [-0.15, -0.1) is 0 Å². The molecule has 0 saturated heterocycles. The first kappa shape index (κ1) is 20.9. The summed E-state index contributed by atoms with van der Waals surface area (Å²) in [6, 6.07) is 0. The zero-order chi connectivity index (χ0) is 15.4. The van der Waals surface area contributed by atoms with Crippen molar-refractivity contribution in [2.75, 3.05) is 39.6 Å². The third-order valence-corrected chi connectivity index (χ3v) is 3.44. The van der Waals surface area contributed by atoms with Gasteiger partial charge in [0.05, 0.1) is 0 Å². The molecular formula is C18H38O3. The molecule has 0 fully saturated rings. The molecule has 0 bridgehead atoms. The van der Waals surface area contributed by atoms with Gasteiger partial charge in [0, 0.05) is 39.6 Å². The van der Waals surface area contributed by atoms with Crippen molar-refractivity contribution in [3.8, 4) is 0 Å². The molecule has 128 valence electrons. The molecule has 0 saturated carbocycles. The van der Waals surface area contributed by atoms with Crippen molar-refractivity contribution in [2.24, 2.45) is 0 Å². The van der Waals surface area contributed by atoms with Crippen LogP contribution in [-0.4, -0.2) is 39.6 Å². The highest BCUT2D eigenvalue weighted by molar-refractivity contribution is 4.42. The fourth-order valence-electron chi connectivity index (χ4n) is 2.09. The van der Waals surface area contributed by atoms with Gasteiger partial charge in [-0.2, -0.15) is 0 Å². The zero-order valence-electron chi connectivity index (χ0n) is 14.5. The van der Waals surface area contributed by atoms with Crippen LogP contribution >= 0.6 is 0 Å². The Bertz CT molecular complexity index is 156. The highest BCUT2D eigenvalue weighted by Crippen LogP contribution is 2.00. The molecule has 0 aromatic carbocycles. The molecule has 21 heavy (non-hydrogen) atoms. The summed E-state index contributed by atoms with van der Waals surface area (Å²) in [5, 5.41) is 0. The van der Waals surface area contributed by atoms with Crippen LogP contribution in [0, 0.1) is 0 Å². The summed E-state index contributed by atoms with van der Waals surface area (Å²) in [4.78, 5) is 0. The molecule has 0 rings (SSSR count). The van der Waals surface area contributed by atoms with Crippen LogP contribution in [0.3, 0.4) is 0 Å². The lowest BCUT2D eigenvalue weighted by atomic mass is 10.2. The Morgan fingerprint density at radius 3 is 1.05 bits per heavy atom. The van der Waals surface area contributed by atoms with Crippen molar-refractivity contribution in [3.63, 3.8) is 0 Å². The molecule has 0 spiro atoms. The first-order chi connectivity index (χ1) is 10.4. The summed E-state index contributed by atoms with van der Waals surface area (Å²) in [6.07, 6.45) is 12.2. The fourth-order valence-corrected chi connectivity index (χ4v) is 2.09. The molecule has 0 aliphatic heterocycles. The van der Waals surface area contributed by atoms with Crippen LogP contribution < -0.4 is 0 Å². The highest BCUT2D eigenvalue weighted by Gasteiger charge is 1.93. The average Bonchev–Trinajstić information content (AvgIpc) is 2.50. The smallest absolute Gasteiger partial charge is 0.0488 e. The maximum atomic E-state index is 5.57. The van der Waals surface area contributed by atoms with Crippen LogP contribution in [0.1, 0.15) is 78.1 Å². The number of unbranched alkanes of at least 4 members (excludes halogenated alkanes) is 6. The monoisotopic (exact) mass is 302 g/mol. The Morgan fingerprint density at radius 2 is 0.714 bits per heavy atom. The molecule has 0 heterocycles. The zero-order valence-corrected chi connectivity index (χ0v) is 14.5. The third-order valence-electron chi connectivity index (χ3n) is 3.44. The van der Waals surface area contributed by atoms with Crippen LogP contribution in [0.5, 0.6) is 0 Å². The Labute approximate surface area is 132 Å². The second-order valence-electron chi connectivity index (χ2n) is 5.67. The Hall–Kier alpha value is -0.120. The van der Waals surface area contributed by atoms with E-state index >= 15 is 0 Å². The molecule has 0 amide bonds. The van der Waals surface area contributed by atoms with Gasteiger partial charge in [0.15, 0.2) is 0 Å². The van der Waals surface area contributed by atoms with Gasteiger partial charge in [0.1, 0.15) is 0 Å². The van der Waals surface area contributed by atoms with Gasteiger partial charge in [-0.1, -0.05) is 52.4 Å². The number of hydrogen-bond donors (Lipinski definition) is 0. The molecule has 0 aliphatic rings. The van der Waals surface area contributed by atoms with E-state index in [1.165, 1.54) is 51.4 Å². The molecular weight excluding hydrogens is 264 g/mol. The number of ether oxygens (including phenoxy) is 3. The quantitative estimate of drug-likeness (QED) is 0.334. The average molecular weight is 302 g/mol. The largest absolute Gasteiger partial charge is 0.381 e. The lowest BCUT2D eigenvalue weighted by molar-refractivity contribution is 0.0619. The van der Waals surface area contributed by atoms with Crippen LogP contribution in [0.2, 0.25) is 0 Å². The molecule has 3 nitrogen and oxygen atoms in total. The lowest BCUT2D eigenvalue weighted by Gasteiger charge is -2.06. The molecule has 0 aliphatic carbocycles. The lowest BCUT2D eigenvalue weighted by Crippen LogP contribution is -2.05. The van der Waals surface area contributed by atoms with Gasteiger partial charge in [0.25, 0.3) is 0 Å². The first-order valence-corrected chi connectivity index (χ1v) is 9.15. The summed E-state index contributed by atoms with van der Waals surface area (Å²) in [5.74, 6) is 0. The molecule has 0 radical (unpaired) electrons. The molecule has 0 atom stereocenters. The van der Waals surface area contributed by atoms with Gasteiger partial charge >= 0.3 is 0 Å². The summed E-state index contributed by atoms with van der Waals surface area (Å²) in [6.45, 7) is 9.57. The highest BCUT2D eigenvalue weighted by atomic mass is 16.5. The van der Waals surface area contributed by atoms with E-state index in [0.29, 0.717) is 0 Å². The standard InChI is InChI=1S/C18H38O3/c1-3-5-7-9-13-19-15-11-17-21-18-12-16-20-14-10-8-6-4-2/h3-18H2,1-2H3. The van der Waals surface area contributed by atoms with Crippen LogP contribution in [0.15, 0.2) is 0 Å². The van der Waals surface area contributed by atoms with Crippen LogP contribution in [0.25, 0.3) is 0 Å². The van der Waals surface area contributed by atoms with Crippen molar-refractivity contribution in [2.45, 2.75) is 78.1 Å². The summed E-state index contributed by atoms with van der Waals surface area (Å²) < 4.78 is 16.7. The van der Waals surface area contributed by atoms with Crippen LogP contribution in [0.4, 0.5) is 0 Å². The first-order valence-electron chi connectivity index (χ1n) is 9.15. The summed E-state index contributed by atoms with van der Waals surface area (Å²) >= 11 is 0. The van der Waals surface area contributed by atoms with E-state index in [9.17, 15) is 0 Å². The minimum Gasteiger partial charge on any atom is -0.381 e. The number of rotatable bonds is 18. The topological polar surface area (TPSA) is 27.7 Å². The van der Waals surface area contributed by atoms with Gasteiger partial charge < -0.3 is 14.2 Å². The minimum atomic E-state index is 0.811. The maximum Gasteiger partial charge on any atom is 0.0488 e. The second-order valence-corrected chi connectivity index (χ2v) is 5.67. The van der Waals surface area contributed by atoms with Crippen LogP contribution in [-0.2, 0) is 14.2 Å². The normalized spacial score (nSPS) is 11.1. The van der Waals surface area contributed by atoms with Crippen molar-refractivity contribution in [1.82, 2.24) is 0 Å². The SMILES string of the molecule is CCCCCCOCCCOCCCOCCCCCC. The van der Waals surface area contributed by atoms with E-state index in [1.807, 2.05) is 0 Å². The van der Waals surface area contributed by atoms with E-state index in [0.717, 1.165) is 52.5 Å². The molecule has 0 unspecified atom stereocenters. The Kier molecular flexibility index (Phi) is 19.8. The summed E-state index contributed by atoms with van der Waals surface area (Å²) in [5.41, 5.74) is 0. The van der Waals surface area contributed by atoms with Crippen molar-refractivity contribution < 1.29 is 14.2 Å². The predicted octanol–water partition coefficient (Wildman–Crippen LogP) is 4.98. The van der Waals surface area contributed by atoms with Crippen molar-refractivity contribution in [1.29, 1.82) is 0 Å². The number of hydrogen-bond acceptors (Lipinski definition) is 3. The summed E-state index contributed by atoms with van der Waals surface area (Å²) in [7, 11) is 0. The minimum absolute atomic E-state index is 0.811. The van der Waals surface area contributed by atoms with E-state index < -0.39 is 0 Å². The maximum absolute atomic E-state index is 5.57. The van der Waals surface area contributed by atoms with E-state index in [4.69, 9.17) is 14.2 Å².